The Labute approximate surface area is 83.3 Å². The lowest BCUT2D eigenvalue weighted by Crippen LogP contribution is -2.24. The van der Waals surface area contributed by atoms with Crippen LogP contribution in [0.15, 0.2) is 23.8 Å². The van der Waals surface area contributed by atoms with E-state index in [4.69, 9.17) is 5.11 Å². The van der Waals surface area contributed by atoms with E-state index in [1.54, 1.807) is 13.0 Å². The number of carbonyl (C=O) groups is 2. The molecule has 1 amide bonds. The molecule has 0 saturated carbocycles. The largest absolute Gasteiger partial charge is 0.478 e. The van der Waals surface area contributed by atoms with E-state index in [1.807, 2.05) is 0 Å². The Hall–Kier alpha value is -1.58. The lowest BCUT2D eigenvalue weighted by molar-refractivity contribution is -0.132. The minimum absolute atomic E-state index is 0.202. The first-order chi connectivity index (χ1) is 6.45. The lowest BCUT2D eigenvalue weighted by Gasteiger charge is -2.01. The molecule has 0 aliphatic rings. The molecule has 14 heavy (non-hydrogen) atoms. The topological polar surface area (TPSA) is 66.4 Å². The molecule has 4 nitrogen and oxygen atoms in total. The maximum Gasteiger partial charge on any atom is 0.330 e. The van der Waals surface area contributed by atoms with Crippen molar-refractivity contribution in [3.05, 3.63) is 23.8 Å². The molecule has 0 aliphatic heterocycles. The van der Waals surface area contributed by atoms with E-state index in [9.17, 15) is 9.59 Å². The number of aliphatic carboxylic acids is 1. The van der Waals surface area contributed by atoms with Gasteiger partial charge in [0.05, 0.1) is 0 Å². The highest BCUT2D eigenvalue weighted by Crippen LogP contribution is 1.94. The molecule has 0 aromatic heterocycles. The second kappa shape index (κ2) is 5.96. The molecular formula is C10H15NO3. The van der Waals surface area contributed by atoms with Crippen molar-refractivity contribution < 1.29 is 14.7 Å². The predicted octanol–water partition coefficient (Wildman–Crippen LogP) is 1.10. The van der Waals surface area contributed by atoms with Gasteiger partial charge in [-0.1, -0.05) is 12.7 Å². The zero-order valence-electron chi connectivity index (χ0n) is 8.46. The van der Waals surface area contributed by atoms with E-state index >= 15 is 0 Å². The van der Waals surface area contributed by atoms with Crippen LogP contribution in [0.2, 0.25) is 0 Å². The van der Waals surface area contributed by atoms with Crippen LogP contribution >= 0.6 is 0 Å². The van der Waals surface area contributed by atoms with Gasteiger partial charge in [0.2, 0.25) is 5.91 Å². The molecule has 0 aliphatic carbocycles. The maximum atomic E-state index is 11.0. The molecule has 0 rings (SSSR count). The quantitative estimate of drug-likeness (QED) is 0.512. The molecule has 78 valence electrons. The van der Waals surface area contributed by atoms with Gasteiger partial charge in [-0.2, -0.15) is 0 Å². The Bertz CT molecular complexity index is 279. The van der Waals surface area contributed by atoms with Gasteiger partial charge in [-0.25, -0.2) is 4.79 Å². The fraction of sp³-hybridized carbons (Fsp3) is 0.400. The van der Waals surface area contributed by atoms with Crippen molar-refractivity contribution in [3.8, 4) is 0 Å². The number of amides is 1. The van der Waals surface area contributed by atoms with Crippen LogP contribution < -0.4 is 5.32 Å². The second-order valence-corrected chi connectivity index (χ2v) is 3.02. The van der Waals surface area contributed by atoms with Crippen LogP contribution in [0.3, 0.4) is 0 Å². The molecule has 2 N–H and O–H groups in total. The summed E-state index contributed by atoms with van der Waals surface area (Å²) in [6, 6.07) is 0. The zero-order chi connectivity index (χ0) is 11.1. The van der Waals surface area contributed by atoms with Gasteiger partial charge in [-0.15, -0.1) is 0 Å². The van der Waals surface area contributed by atoms with Crippen molar-refractivity contribution >= 4 is 11.9 Å². The molecule has 0 radical (unpaired) electrons. The predicted molar refractivity (Wildman–Crippen MR) is 53.8 cm³/mol. The van der Waals surface area contributed by atoms with Gasteiger partial charge >= 0.3 is 5.97 Å². The van der Waals surface area contributed by atoms with Crippen molar-refractivity contribution in [1.82, 2.24) is 5.32 Å². The third kappa shape index (κ3) is 5.13. The van der Waals surface area contributed by atoms with Crippen molar-refractivity contribution in [2.75, 3.05) is 6.54 Å². The SMILES string of the molecule is C=C(C)C(=O)NCCC=C(C)C(=O)O. The molecule has 0 fully saturated rings. The molecule has 0 aromatic carbocycles. The molecule has 0 unspecified atom stereocenters. The number of rotatable bonds is 5. The summed E-state index contributed by atoms with van der Waals surface area (Å²) in [4.78, 5) is 21.3. The monoisotopic (exact) mass is 197 g/mol. The van der Waals surface area contributed by atoms with Gasteiger partial charge in [0.15, 0.2) is 0 Å². The Morgan fingerprint density at radius 3 is 2.43 bits per heavy atom. The highest BCUT2D eigenvalue weighted by molar-refractivity contribution is 5.92. The molecular weight excluding hydrogens is 182 g/mol. The van der Waals surface area contributed by atoms with Gasteiger partial charge in [0.1, 0.15) is 0 Å². The summed E-state index contributed by atoms with van der Waals surface area (Å²) in [5.74, 6) is -1.14. The molecule has 4 heteroatoms. The summed E-state index contributed by atoms with van der Waals surface area (Å²) < 4.78 is 0. The third-order valence-corrected chi connectivity index (χ3v) is 1.61. The van der Waals surface area contributed by atoms with Crippen molar-refractivity contribution in [1.29, 1.82) is 0 Å². The Balaban J connectivity index is 3.77. The fourth-order valence-corrected chi connectivity index (χ4v) is 0.713. The molecule has 0 spiro atoms. The minimum Gasteiger partial charge on any atom is -0.478 e. The van der Waals surface area contributed by atoms with Gasteiger partial charge in [-0.3, -0.25) is 4.79 Å². The van der Waals surface area contributed by atoms with Gasteiger partial charge in [0.25, 0.3) is 0 Å². The fourth-order valence-electron chi connectivity index (χ4n) is 0.713. The van der Waals surface area contributed by atoms with E-state index in [2.05, 4.69) is 11.9 Å². The lowest BCUT2D eigenvalue weighted by atomic mass is 10.2. The second-order valence-electron chi connectivity index (χ2n) is 3.02. The summed E-state index contributed by atoms with van der Waals surface area (Å²) >= 11 is 0. The summed E-state index contributed by atoms with van der Waals surface area (Å²) in [7, 11) is 0. The van der Waals surface area contributed by atoms with Crippen LogP contribution in [0.5, 0.6) is 0 Å². The van der Waals surface area contributed by atoms with Crippen molar-refractivity contribution in [3.63, 3.8) is 0 Å². The molecule has 0 heterocycles. The Kier molecular flexibility index (Phi) is 5.29. The normalized spacial score (nSPS) is 10.9. The summed E-state index contributed by atoms with van der Waals surface area (Å²) in [6.45, 7) is 7.04. The van der Waals surface area contributed by atoms with Crippen LogP contribution in [0, 0.1) is 0 Å². The average Bonchev–Trinajstić information content (AvgIpc) is 2.11. The number of hydrogen-bond acceptors (Lipinski definition) is 2. The smallest absolute Gasteiger partial charge is 0.330 e. The highest BCUT2D eigenvalue weighted by Gasteiger charge is 2.00. The summed E-state index contributed by atoms with van der Waals surface area (Å²) in [5.41, 5.74) is 0.735. The van der Waals surface area contributed by atoms with E-state index in [0.29, 0.717) is 18.5 Å². The maximum absolute atomic E-state index is 11.0. The Morgan fingerprint density at radius 2 is 2.00 bits per heavy atom. The van der Waals surface area contributed by atoms with E-state index in [1.165, 1.54) is 6.92 Å². The molecule has 0 atom stereocenters. The summed E-state index contributed by atoms with van der Waals surface area (Å²) in [6.07, 6.45) is 2.08. The van der Waals surface area contributed by atoms with Crippen LogP contribution in [0.1, 0.15) is 20.3 Å². The first-order valence-corrected chi connectivity index (χ1v) is 4.29. The number of carboxylic acids is 1. The highest BCUT2D eigenvalue weighted by atomic mass is 16.4. The minimum atomic E-state index is -0.934. The van der Waals surface area contributed by atoms with Gasteiger partial charge in [0, 0.05) is 17.7 Å². The van der Waals surface area contributed by atoms with E-state index < -0.39 is 5.97 Å². The zero-order valence-corrected chi connectivity index (χ0v) is 8.46. The summed E-state index contributed by atoms with van der Waals surface area (Å²) in [5, 5.41) is 11.1. The standard InChI is InChI=1S/C10H15NO3/c1-7(2)9(12)11-6-4-5-8(3)10(13)14/h5H,1,4,6H2,2-3H3,(H,11,12)(H,13,14). The first-order valence-electron chi connectivity index (χ1n) is 4.29. The molecule has 0 aromatic rings. The van der Waals surface area contributed by atoms with Crippen molar-refractivity contribution in [2.45, 2.75) is 20.3 Å². The van der Waals surface area contributed by atoms with Crippen molar-refractivity contribution in [2.24, 2.45) is 0 Å². The van der Waals surface area contributed by atoms with Crippen LogP contribution in [0.25, 0.3) is 0 Å². The van der Waals surface area contributed by atoms with Crippen LogP contribution in [-0.2, 0) is 9.59 Å². The van der Waals surface area contributed by atoms with Gasteiger partial charge in [-0.05, 0) is 20.3 Å². The average molecular weight is 197 g/mol. The van der Waals surface area contributed by atoms with Crippen LogP contribution in [0.4, 0.5) is 0 Å². The van der Waals surface area contributed by atoms with Crippen LogP contribution in [-0.4, -0.2) is 23.5 Å². The number of hydrogen-bond donors (Lipinski definition) is 2. The third-order valence-electron chi connectivity index (χ3n) is 1.61. The number of carbonyl (C=O) groups excluding carboxylic acids is 1. The first kappa shape index (κ1) is 12.4. The number of carboxylic acid groups (broad SMARTS) is 1. The van der Waals surface area contributed by atoms with E-state index in [-0.39, 0.29) is 11.5 Å². The molecule has 0 saturated heterocycles. The van der Waals surface area contributed by atoms with E-state index in [0.717, 1.165) is 0 Å². The van der Waals surface area contributed by atoms with Gasteiger partial charge < -0.3 is 10.4 Å². The Morgan fingerprint density at radius 1 is 1.43 bits per heavy atom. The molecule has 0 bridgehead atoms. The number of nitrogens with one attached hydrogen (secondary N) is 1.